The summed E-state index contributed by atoms with van der Waals surface area (Å²) in [6.07, 6.45) is -12.8. The van der Waals surface area contributed by atoms with E-state index in [1.807, 2.05) is 0 Å². The maximum absolute atomic E-state index is 14.6. The molecule has 2 atom stereocenters. The molecule has 38 heavy (non-hydrogen) atoms. The highest BCUT2D eigenvalue weighted by molar-refractivity contribution is 8.00. The lowest BCUT2D eigenvalue weighted by Gasteiger charge is -2.24. The highest BCUT2D eigenvalue weighted by Crippen LogP contribution is 2.39. The van der Waals surface area contributed by atoms with Crippen molar-refractivity contribution in [2.75, 3.05) is 6.54 Å². The van der Waals surface area contributed by atoms with E-state index in [-0.39, 0.29) is 33.7 Å². The predicted molar refractivity (Wildman–Crippen MR) is 118 cm³/mol. The monoisotopic (exact) mass is 573 g/mol. The zero-order valence-electron chi connectivity index (χ0n) is 18.8. The van der Waals surface area contributed by atoms with E-state index in [0.717, 1.165) is 6.07 Å². The van der Waals surface area contributed by atoms with Crippen LogP contribution in [-0.4, -0.2) is 29.4 Å². The van der Waals surface area contributed by atoms with Crippen LogP contribution in [0.5, 0.6) is 11.5 Å². The number of alkyl halides is 9. The summed E-state index contributed by atoms with van der Waals surface area (Å²) in [5.74, 6) is -1.04. The molecule has 206 valence electrons. The van der Waals surface area contributed by atoms with Crippen molar-refractivity contribution in [3.05, 3.63) is 89.2 Å². The number of rotatable bonds is 8. The summed E-state index contributed by atoms with van der Waals surface area (Å²) < 4.78 is 136. The average Bonchev–Trinajstić information content (AvgIpc) is 2.79. The molecule has 0 aliphatic heterocycles. The van der Waals surface area contributed by atoms with Gasteiger partial charge in [-0.05, 0) is 65.9 Å². The molecule has 0 aliphatic rings. The number of aliphatic hydroxyl groups excluding tert-OH is 1. The van der Waals surface area contributed by atoms with Crippen molar-refractivity contribution in [2.45, 2.75) is 34.9 Å². The van der Waals surface area contributed by atoms with Crippen LogP contribution in [0.25, 0.3) is 0 Å². The van der Waals surface area contributed by atoms with Gasteiger partial charge in [0.15, 0.2) is 6.10 Å². The third-order valence-corrected chi connectivity index (χ3v) is 5.74. The number of thioether (sulfide) groups is 1. The van der Waals surface area contributed by atoms with Crippen molar-refractivity contribution in [1.82, 2.24) is 5.32 Å². The van der Waals surface area contributed by atoms with Crippen LogP contribution in [0.1, 0.15) is 22.7 Å². The quantitative estimate of drug-likeness (QED) is 0.213. The van der Waals surface area contributed by atoms with E-state index in [2.05, 4.69) is 5.32 Å². The minimum atomic E-state index is -5.04. The molecular formula is C24H17F10NO2S. The van der Waals surface area contributed by atoms with Gasteiger partial charge in [0.05, 0.1) is 11.6 Å². The van der Waals surface area contributed by atoms with E-state index in [1.54, 1.807) is 0 Å². The van der Waals surface area contributed by atoms with Crippen LogP contribution in [0.3, 0.4) is 0 Å². The fourth-order valence-corrected chi connectivity index (χ4v) is 3.88. The zero-order chi connectivity index (χ0) is 28.3. The van der Waals surface area contributed by atoms with E-state index < -0.39 is 53.5 Å². The standard InChI is InChI=1S/C24H17F10NO2S/c25-19-9-6-14(22(26,27)28)10-18(19)21(35-12-20(36)23(29,30)31)13-4-7-15(8-5-13)37-16-2-1-3-17(11-16)38-24(32,33)34/h1-11,20-21,35-36H,12H2/t20-,21-/m1/s1. The molecule has 0 saturated carbocycles. The van der Waals surface area contributed by atoms with Gasteiger partial charge in [-0.2, -0.15) is 39.5 Å². The molecule has 0 aliphatic carbocycles. The first-order valence-electron chi connectivity index (χ1n) is 10.5. The Labute approximate surface area is 213 Å². The van der Waals surface area contributed by atoms with Crippen molar-refractivity contribution >= 4 is 11.8 Å². The van der Waals surface area contributed by atoms with Crippen LogP contribution in [0, 0.1) is 5.82 Å². The lowest BCUT2D eigenvalue weighted by molar-refractivity contribution is -0.202. The van der Waals surface area contributed by atoms with Gasteiger partial charge in [-0.3, -0.25) is 0 Å². The van der Waals surface area contributed by atoms with Crippen LogP contribution in [0.2, 0.25) is 0 Å². The van der Waals surface area contributed by atoms with Crippen molar-refractivity contribution in [1.29, 1.82) is 0 Å². The van der Waals surface area contributed by atoms with Gasteiger partial charge in [0.25, 0.3) is 0 Å². The fraction of sp³-hybridized carbons (Fsp3) is 0.250. The van der Waals surface area contributed by atoms with Crippen LogP contribution in [-0.2, 0) is 6.18 Å². The molecule has 0 spiro atoms. The second-order valence-electron chi connectivity index (χ2n) is 7.83. The molecule has 3 aromatic carbocycles. The first kappa shape index (κ1) is 29.6. The molecule has 3 rings (SSSR count). The van der Waals surface area contributed by atoms with Crippen molar-refractivity contribution in [2.24, 2.45) is 0 Å². The largest absolute Gasteiger partial charge is 0.457 e. The number of ether oxygens (including phenoxy) is 1. The van der Waals surface area contributed by atoms with Crippen LogP contribution >= 0.6 is 11.8 Å². The Morgan fingerprint density at radius 1 is 0.816 bits per heavy atom. The smallest absolute Gasteiger partial charge is 0.446 e. The minimum Gasteiger partial charge on any atom is -0.457 e. The van der Waals surface area contributed by atoms with Crippen molar-refractivity contribution < 1.29 is 53.7 Å². The van der Waals surface area contributed by atoms with Gasteiger partial charge < -0.3 is 15.2 Å². The molecule has 0 fully saturated rings. The van der Waals surface area contributed by atoms with Gasteiger partial charge in [-0.15, -0.1) is 0 Å². The lowest BCUT2D eigenvalue weighted by atomic mass is 9.96. The van der Waals surface area contributed by atoms with Gasteiger partial charge in [0.2, 0.25) is 0 Å². The van der Waals surface area contributed by atoms with E-state index in [1.165, 1.54) is 42.5 Å². The first-order valence-corrected chi connectivity index (χ1v) is 11.3. The Kier molecular flexibility index (Phi) is 8.89. The van der Waals surface area contributed by atoms with Gasteiger partial charge in [0.1, 0.15) is 17.3 Å². The number of hydrogen-bond acceptors (Lipinski definition) is 4. The van der Waals surface area contributed by atoms with E-state index >= 15 is 0 Å². The summed E-state index contributed by atoms with van der Waals surface area (Å²) >= 11 is -0.361. The third-order valence-electron chi connectivity index (χ3n) is 5.02. The first-order chi connectivity index (χ1) is 17.5. The van der Waals surface area contributed by atoms with Crippen LogP contribution < -0.4 is 10.1 Å². The molecule has 0 bridgehead atoms. The Balaban J connectivity index is 1.90. The van der Waals surface area contributed by atoms with Crippen LogP contribution in [0.15, 0.2) is 71.6 Å². The Morgan fingerprint density at radius 2 is 1.47 bits per heavy atom. The minimum absolute atomic E-state index is 0.0197. The van der Waals surface area contributed by atoms with Gasteiger partial charge >= 0.3 is 17.9 Å². The van der Waals surface area contributed by atoms with Gasteiger partial charge in [-0.1, -0.05) is 18.2 Å². The summed E-state index contributed by atoms with van der Waals surface area (Å²) in [6, 6.07) is 9.86. The third kappa shape index (κ3) is 8.27. The maximum atomic E-state index is 14.6. The highest BCUT2D eigenvalue weighted by atomic mass is 32.2. The Hall–Kier alpha value is -2.97. The molecule has 2 N–H and O–H groups in total. The second-order valence-corrected chi connectivity index (χ2v) is 8.96. The number of hydrogen-bond donors (Lipinski definition) is 2. The zero-order valence-corrected chi connectivity index (χ0v) is 19.6. The normalized spacial score (nSPS) is 14.3. The lowest BCUT2D eigenvalue weighted by Crippen LogP contribution is -2.40. The summed E-state index contributed by atoms with van der Waals surface area (Å²) in [5, 5.41) is 11.6. The van der Waals surface area contributed by atoms with Crippen LogP contribution in [0.4, 0.5) is 43.9 Å². The number of halogens is 10. The SMILES string of the molecule is O[C@H](CN[C@H](c1ccc(Oc2cccc(SC(F)(F)F)c2)cc1)c1cc(C(F)(F)F)ccc1F)C(F)(F)F. The summed E-state index contributed by atoms with van der Waals surface area (Å²) in [7, 11) is 0. The molecule has 0 aromatic heterocycles. The second kappa shape index (κ2) is 11.4. The summed E-state index contributed by atoms with van der Waals surface area (Å²) in [5.41, 5.74) is -6.37. The highest BCUT2D eigenvalue weighted by Gasteiger charge is 2.39. The van der Waals surface area contributed by atoms with Gasteiger partial charge in [0, 0.05) is 17.0 Å². The molecule has 0 saturated heterocycles. The van der Waals surface area contributed by atoms with Crippen molar-refractivity contribution in [3.8, 4) is 11.5 Å². The molecule has 3 nitrogen and oxygen atoms in total. The van der Waals surface area contributed by atoms with E-state index in [4.69, 9.17) is 4.74 Å². The molecule has 0 amide bonds. The van der Waals surface area contributed by atoms with E-state index in [0.29, 0.717) is 18.2 Å². The topological polar surface area (TPSA) is 41.5 Å². The molecule has 0 heterocycles. The van der Waals surface area contributed by atoms with Gasteiger partial charge in [-0.25, -0.2) is 4.39 Å². The van der Waals surface area contributed by atoms with Crippen molar-refractivity contribution in [3.63, 3.8) is 0 Å². The average molecular weight is 573 g/mol. The predicted octanol–water partition coefficient (Wildman–Crippen LogP) is 7.85. The number of benzene rings is 3. The number of aliphatic hydroxyl groups is 1. The van der Waals surface area contributed by atoms with E-state index in [9.17, 15) is 49.0 Å². The molecule has 14 heteroatoms. The fourth-order valence-electron chi connectivity index (χ4n) is 3.29. The summed E-state index contributed by atoms with van der Waals surface area (Å²) in [4.78, 5) is -0.154. The summed E-state index contributed by atoms with van der Waals surface area (Å²) in [6.45, 7) is -1.16. The number of nitrogens with one attached hydrogen (secondary N) is 1. The Bertz CT molecular complexity index is 1230. The molecule has 3 aromatic rings. The Morgan fingerprint density at radius 3 is 2.05 bits per heavy atom. The molecular weight excluding hydrogens is 556 g/mol. The molecule has 0 unspecified atom stereocenters. The maximum Gasteiger partial charge on any atom is 0.446 e. The molecule has 0 radical (unpaired) electrons.